The number of oxazole rings is 1. The van der Waals surface area contributed by atoms with Crippen LogP contribution in [0, 0.1) is 0 Å². The SMILES string of the molecule is c1ccc(-c2ccc(-c3ccc(-n4c5ccccc5c5cc(-c6ccc(-c7nc8ccccc8o7)cc6)ccc54)cc3)cc2)cc1. The molecule has 0 saturated heterocycles. The van der Waals surface area contributed by atoms with Gasteiger partial charge in [-0.25, -0.2) is 4.98 Å². The molecule has 0 aliphatic rings. The van der Waals surface area contributed by atoms with Gasteiger partial charge in [-0.3, -0.25) is 0 Å². The van der Waals surface area contributed by atoms with Crippen molar-refractivity contribution >= 4 is 32.9 Å². The Morgan fingerprint density at radius 3 is 1.63 bits per heavy atom. The Kier molecular flexibility index (Phi) is 6.14. The number of benzene rings is 7. The molecule has 7 aromatic carbocycles. The first kappa shape index (κ1) is 26.2. The lowest BCUT2D eigenvalue weighted by atomic mass is 10.0. The van der Waals surface area contributed by atoms with Gasteiger partial charge >= 0.3 is 0 Å². The van der Waals surface area contributed by atoms with E-state index in [4.69, 9.17) is 4.42 Å². The van der Waals surface area contributed by atoms with Crippen molar-refractivity contribution in [3.05, 3.63) is 170 Å². The summed E-state index contributed by atoms with van der Waals surface area (Å²) in [5.41, 5.74) is 13.4. The van der Waals surface area contributed by atoms with Crippen molar-refractivity contribution in [1.82, 2.24) is 9.55 Å². The lowest BCUT2D eigenvalue weighted by Gasteiger charge is -2.10. The molecule has 2 heterocycles. The van der Waals surface area contributed by atoms with Gasteiger partial charge in [-0.15, -0.1) is 0 Å². The van der Waals surface area contributed by atoms with Gasteiger partial charge in [0, 0.05) is 22.0 Å². The van der Waals surface area contributed by atoms with E-state index >= 15 is 0 Å². The zero-order chi connectivity index (χ0) is 30.5. The topological polar surface area (TPSA) is 31.0 Å². The average molecular weight is 589 g/mol. The predicted octanol–water partition coefficient (Wildman–Crippen LogP) is 11.6. The van der Waals surface area contributed by atoms with E-state index in [-0.39, 0.29) is 0 Å². The fourth-order valence-corrected chi connectivity index (χ4v) is 6.52. The summed E-state index contributed by atoms with van der Waals surface area (Å²) in [6.07, 6.45) is 0. The van der Waals surface area contributed by atoms with Gasteiger partial charge < -0.3 is 8.98 Å². The number of nitrogens with zero attached hydrogens (tertiary/aromatic N) is 2. The van der Waals surface area contributed by atoms with Crippen LogP contribution in [0.25, 0.3) is 83.4 Å². The first-order valence-electron chi connectivity index (χ1n) is 15.5. The van der Waals surface area contributed by atoms with Crippen molar-refractivity contribution in [3.63, 3.8) is 0 Å². The van der Waals surface area contributed by atoms with Crippen LogP contribution in [0.5, 0.6) is 0 Å². The molecule has 0 unspecified atom stereocenters. The molecule has 0 spiro atoms. The predicted molar refractivity (Wildman–Crippen MR) is 190 cm³/mol. The summed E-state index contributed by atoms with van der Waals surface area (Å²) in [4.78, 5) is 4.66. The Labute approximate surface area is 266 Å². The van der Waals surface area contributed by atoms with E-state index in [1.54, 1.807) is 0 Å². The monoisotopic (exact) mass is 588 g/mol. The fourth-order valence-electron chi connectivity index (χ4n) is 6.52. The van der Waals surface area contributed by atoms with Crippen LogP contribution in [0.3, 0.4) is 0 Å². The lowest BCUT2D eigenvalue weighted by Crippen LogP contribution is -1.93. The molecule has 0 atom stereocenters. The summed E-state index contributed by atoms with van der Waals surface area (Å²) in [5, 5.41) is 2.47. The highest BCUT2D eigenvalue weighted by molar-refractivity contribution is 6.10. The van der Waals surface area contributed by atoms with Crippen molar-refractivity contribution in [3.8, 4) is 50.5 Å². The maximum absolute atomic E-state index is 5.99. The number of para-hydroxylation sites is 3. The van der Waals surface area contributed by atoms with Crippen molar-refractivity contribution < 1.29 is 4.42 Å². The highest BCUT2D eigenvalue weighted by atomic mass is 16.3. The van der Waals surface area contributed by atoms with Crippen molar-refractivity contribution in [2.45, 2.75) is 0 Å². The summed E-state index contributed by atoms with van der Waals surface area (Å²) < 4.78 is 8.36. The molecule has 0 radical (unpaired) electrons. The molecule has 9 rings (SSSR count). The maximum atomic E-state index is 5.99. The highest BCUT2D eigenvalue weighted by Gasteiger charge is 2.14. The molecule has 0 bridgehead atoms. The van der Waals surface area contributed by atoms with E-state index in [1.807, 2.05) is 24.3 Å². The lowest BCUT2D eigenvalue weighted by molar-refractivity contribution is 0.620. The van der Waals surface area contributed by atoms with E-state index in [0.717, 1.165) is 27.9 Å². The second-order valence-electron chi connectivity index (χ2n) is 11.6. The van der Waals surface area contributed by atoms with Crippen LogP contribution in [0.15, 0.2) is 174 Å². The average Bonchev–Trinajstić information content (AvgIpc) is 3.72. The molecule has 216 valence electrons. The number of aromatic nitrogens is 2. The first-order valence-corrected chi connectivity index (χ1v) is 15.5. The highest BCUT2D eigenvalue weighted by Crippen LogP contribution is 2.36. The van der Waals surface area contributed by atoms with Crippen LogP contribution < -0.4 is 0 Å². The van der Waals surface area contributed by atoms with Gasteiger partial charge in [0.1, 0.15) is 5.52 Å². The molecular weight excluding hydrogens is 560 g/mol. The second-order valence-corrected chi connectivity index (χ2v) is 11.6. The molecule has 0 amide bonds. The van der Waals surface area contributed by atoms with E-state index in [9.17, 15) is 0 Å². The Bertz CT molecular complexity index is 2450. The minimum Gasteiger partial charge on any atom is -0.436 e. The third-order valence-electron chi connectivity index (χ3n) is 8.88. The van der Waals surface area contributed by atoms with Crippen LogP contribution in [0.2, 0.25) is 0 Å². The van der Waals surface area contributed by atoms with Gasteiger partial charge in [0.25, 0.3) is 0 Å². The zero-order valence-corrected chi connectivity index (χ0v) is 25.0. The van der Waals surface area contributed by atoms with Crippen LogP contribution >= 0.6 is 0 Å². The minimum atomic E-state index is 0.640. The molecule has 46 heavy (non-hydrogen) atoms. The Morgan fingerprint density at radius 2 is 0.913 bits per heavy atom. The quantitative estimate of drug-likeness (QED) is 0.200. The van der Waals surface area contributed by atoms with Crippen LogP contribution in [-0.4, -0.2) is 9.55 Å². The van der Waals surface area contributed by atoms with E-state index in [2.05, 4.69) is 155 Å². The third kappa shape index (κ3) is 4.49. The van der Waals surface area contributed by atoms with E-state index < -0.39 is 0 Å². The molecule has 0 saturated carbocycles. The molecule has 9 aromatic rings. The smallest absolute Gasteiger partial charge is 0.227 e. The molecule has 0 N–H and O–H groups in total. The van der Waals surface area contributed by atoms with Crippen LogP contribution in [0.1, 0.15) is 0 Å². The first-order chi connectivity index (χ1) is 22.8. The number of hydrogen-bond donors (Lipinski definition) is 0. The summed E-state index contributed by atoms with van der Waals surface area (Å²) in [5.74, 6) is 0.640. The van der Waals surface area contributed by atoms with Crippen LogP contribution in [-0.2, 0) is 0 Å². The number of fused-ring (bicyclic) bond motifs is 4. The van der Waals surface area contributed by atoms with Crippen LogP contribution in [0.4, 0.5) is 0 Å². The molecule has 3 heteroatoms. The number of rotatable bonds is 5. The molecular formula is C43H28N2O. The van der Waals surface area contributed by atoms with Crippen molar-refractivity contribution in [1.29, 1.82) is 0 Å². The van der Waals surface area contributed by atoms with Crippen molar-refractivity contribution in [2.75, 3.05) is 0 Å². The van der Waals surface area contributed by atoms with Gasteiger partial charge in [0.05, 0.1) is 11.0 Å². The molecule has 0 fully saturated rings. The van der Waals surface area contributed by atoms with Gasteiger partial charge in [0.2, 0.25) is 5.89 Å². The van der Waals surface area contributed by atoms with Gasteiger partial charge in [-0.1, -0.05) is 115 Å². The Balaban J connectivity index is 1.05. The Hall–Kier alpha value is -6.19. The Morgan fingerprint density at radius 1 is 0.391 bits per heavy atom. The second kappa shape index (κ2) is 10.8. The van der Waals surface area contributed by atoms with Gasteiger partial charge in [0.15, 0.2) is 5.58 Å². The standard InChI is InChI=1S/C43H28N2O/c1-2-8-29(9-3-1)30-14-16-31(17-15-30)32-22-25-36(26-23-32)45-40-12-6-4-10-37(40)38-28-35(24-27-41(38)45)33-18-20-34(21-19-33)43-44-39-11-5-7-13-42(39)46-43/h1-28H. The molecule has 3 nitrogen and oxygen atoms in total. The van der Waals surface area contributed by atoms with Gasteiger partial charge in [-0.05, 0) is 88.0 Å². The maximum Gasteiger partial charge on any atom is 0.227 e. The summed E-state index contributed by atoms with van der Waals surface area (Å²) >= 11 is 0. The van der Waals surface area contributed by atoms with Crippen molar-refractivity contribution in [2.24, 2.45) is 0 Å². The molecule has 2 aromatic heterocycles. The zero-order valence-electron chi connectivity index (χ0n) is 25.0. The molecule has 0 aliphatic heterocycles. The molecule has 0 aliphatic carbocycles. The number of hydrogen-bond acceptors (Lipinski definition) is 2. The summed E-state index contributed by atoms with van der Waals surface area (Å²) in [6.45, 7) is 0. The van der Waals surface area contributed by atoms with Gasteiger partial charge in [-0.2, -0.15) is 0 Å². The summed E-state index contributed by atoms with van der Waals surface area (Å²) in [6, 6.07) is 60.0. The van der Waals surface area contributed by atoms with E-state index in [1.165, 1.54) is 49.6 Å². The summed E-state index contributed by atoms with van der Waals surface area (Å²) in [7, 11) is 0. The minimum absolute atomic E-state index is 0.640. The third-order valence-corrected chi connectivity index (χ3v) is 8.88. The van der Waals surface area contributed by atoms with E-state index in [0.29, 0.717) is 5.89 Å². The normalized spacial score (nSPS) is 11.5. The fraction of sp³-hybridized carbons (Fsp3) is 0. The largest absolute Gasteiger partial charge is 0.436 e.